The normalized spacial score (nSPS) is 14.4. The van der Waals surface area contributed by atoms with Crippen molar-refractivity contribution in [2.75, 3.05) is 25.5 Å². The van der Waals surface area contributed by atoms with E-state index in [1.54, 1.807) is 31.4 Å². The third kappa shape index (κ3) is 6.04. The maximum Gasteiger partial charge on any atom is 0.321 e. The van der Waals surface area contributed by atoms with Crippen molar-refractivity contribution in [2.45, 2.75) is 25.4 Å². The first-order chi connectivity index (χ1) is 14.0. The van der Waals surface area contributed by atoms with E-state index >= 15 is 0 Å². The maximum absolute atomic E-state index is 12.7. The van der Waals surface area contributed by atoms with Gasteiger partial charge in [0.2, 0.25) is 0 Å². The number of carbonyl (C=O) groups is 2. The lowest BCUT2D eigenvalue weighted by Crippen LogP contribution is -2.43. The van der Waals surface area contributed by atoms with Crippen LogP contribution in [0.1, 0.15) is 28.8 Å². The summed E-state index contributed by atoms with van der Waals surface area (Å²) in [6.45, 7) is 1.59. The Bertz CT molecular complexity index is 867. The fraction of sp³-hybridized carbons (Fsp3) is 0.364. The molecule has 2 aromatic carbocycles. The molecule has 0 radical (unpaired) electrons. The molecule has 1 atom stereocenters. The van der Waals surface area contributed by atoms with Crippen LogP contribution in [0.15, 0.2) is 48.5 Å². The number of carbonyl (C=O) groups excluding carboxylic acids is 1. The number of carboxylic acids is 1. The lowest BCUT2D eigenvalue weighted by Gasteiger charge is -2.25. The van der Waals surface area contributed by atoms with Gasteiger partial charge in [0.15, 0.2) is 0 Å². The predicted molar refractivity (Wildman–Crippen MR) is 111 cm³/mol. The van der Waals surface area contributed by atoms with E-state index in [2.05, 4.69) is 10.2 Å². The van der Waals surface area contributed by atoms with Gasteiger partial charge in [0.1, 0.15) is 11.8 Å². The number of para-hydroxylation sites is 1. The summed E-state index contributed by atoms with van der Waals surface area (Å²) in [6, 6.07) is 13.6. The minimum absolute atomic E-state index is 0.229. The third-order valence-electron chi connectivity index (χ3n) is 4.98. The van der Waals surface area contributed by atoms with E-state index in [9.17, 15) is 14.7 Å². The van der Waals surface area contributed by atoms with Crippen molar-refractivity contribution in [3.05, 3.63) is 59.7 Å². The topological polar surface area (TPSA) is 105 Å². The molecule has 0 bridgehead atoms. The summed E-state index contributed by atoms with van der Waals surface area (Å²) in [5.41, 5.74) is 7.89. The molecule has 2 aromatic rings. The van der Waals surface area contributed by atoms with E-state index in [0.717, 1.165) is 24.9 Å². The van der Waals surface area contributed by atoms with Gasteiger partial charge in [-0.15, -0.1) is 0 Å². The quantitative estimate of drug-likeness (QED) is 0.569. The van der Waals surface area contributed by atoms with E-state index in [-0.39, 0.29) is 12.5 Å². The molecule has 0 unspecified atom stereocenters. The number of hydrogen-bond acceptors (Lipinski definition) is 5. The van der Waals surface area contributed by atoms with Crippen molar-refractivity contribution in [3.8, 4) is 5.75 Å². The van der Waals surface area contributed by atoms with Crippen molar-refractivity contribution >= 4 is 17.6 Å². The van der Waals surface area contributed by atoms with Gasteiger partial charge in [0.05, 0.1) is 7.11 Å². The Morgan fingerprint density at radius 3 is 2.69 bits per heavy atom. The highest BCUT2D eigenvalue weighted by molar-refractivity contribution is 6.04. The number of nitrogens with one attached hydrogen (secondary N) is 1. The number of amides is 1. The van der Waals surface area contributed by atoms with Crippen LogP contribution < -0.4 is 15.8 Å². The van der Waals surface area contributed by atoms with Crippen molar-refractivity contribution < 1.29 is 19.4 Å². The van der Waals surface area contributed by atoms with Crippen LogP contribution in [0, 0.1) is 5.92 Å². The fourth-order valence-electron chi connectivity index (χ4n) is 3.21. The minimum atomic E-state index is -1.01. The van der Waals surface area contributed by atoms with E-state index in [1.807, 2.05) is 24.3 Å². The SMILES string of the molecule is COc1cccc(C(=O)Nc2ccccc2CN(CC2CC2)C[C@H](N)C(=O)O)c1. The third-order valence-corrected chi connectivity index (χ3v) is 4.98. The van der Waals surface area contributed by atoms with Crippen LogP contribution in [0.25, 0.3) is 0 Å². The second-order valence-corrected chi connectivity index (χ2v) is 7.43. The van der Waals surface area contributed by atoms with Gasteiger partial charge in [-0.25, -0.2) is 0 Å². The predicted octanol–water partition coefficient (Wildman–Crippen LogP) is 2.57. The Hall–Kier alpha value is -2.90. The van der Waals surface area contributed by atoms with Crippen LogP contribution in [-0.2, 0) is 11.3 Å². The molecule has 1 aliphatic carbocycles. The van der Waals surface area contributed by atoms with Crippen molar-refractivity contribution in [3.63, 3.8) is 0 Å². The molecule has 7 heteroatoms. The molecular weight excluding hydrogens is 370 g/mol. The second kappa shape index (κ2) is 9.54. The van der Waals surface area contributed by atoms with Crippen molar-refractivity contribution in [1.82, 2.24) is 4.90 Å². The van der Waals surface area contributed by atoms with E-state index in [1.165, 1.54) is 0 Å². The number of hydrogen-bond donors (Lipinski definition) is 3. The zero-order valence-corrected chi connectivity index (χ0v) is 16.5. The van der Waals surface area contributed by atoms with Gasteiger partial charge in [-0.05, 0) is 48.6 Å². The molecule has 1 amide bonds. The summed E-state index contributed by atoms with van der Waals surface area (Å²) >= 11 is 0. The zero-order chi connectivity index (χ0) is 20.8. The Kier molecular flexibility index (Phi) is 6.85. The molecule has 0 saturated heterocycles. The zero-order valence-electron chi connectivity index (χ0n) is 16.5. The smallest absolute Gasteiger partial charge is 0.321 e. The van der Waals surface area contributed by atoms with Crippen molar-refractivity contribution in [1.29, 1.82) is 0 Å². The van der Waals surface area contributed by atoms with Crippen LogP contribution in [0.5, 0.6) is 5.75 Å². The number of carboxylic acid groups (broad SMARTS) is 1. The average Bonchev–Trinajstić information content (AvgIpc) is 3.53. The molecule has 0 spiro atoms. The summed E-state index contributed by atoms with van der Waals surface area (Å²) in [5, 5.41) is 12.1. The average molecular weight is 397 g/mol. The number of methoxy groups -OCH3 is 1. The van der Waals surface area contributed by atoms with Gasteiger partial charge >= 0.3 is 5.97 Å². The van der Waals surface area contributed by atoms with Crippen LogP contribution in [-0.4, -0.2) is 48.1 Å². The van der Waals surface area contributed by atoms with Gasteiger partial charge in [-0.3, -0.25) is 14.5 Å². The first kappa shape index (κ1) is 20.8. The second-order valence-electron chi connectivity index (χ2n) is 7.43. The number of rotatable bonds is 10. The maximum atomic E-state index is 12.7. The Morgan fingerprint density at radius 2 is 2.00 bits per heavy atom. The minimum Gasteiger partial charge on any atom is -0.497 e. The summed E-state index contributed by atoms with van der Waals surface area (Å²) in [7, 11) is 1.56. The molecule has 154 valence electrons. The molecule has 0 aliphatic heterocycles. The van der Waals surface area contributed by atoms with E-state index in [4.69, 9.17) is 10.5 Å². The number of anilines is 1. The highest BCUT2D eigenvalue weighted by Crippen LogP contribution is 2.30. The highest BCUT2D eigenvalue weighted by Gasteiger charge is 2.27. The Labute approximate surface area is 170 Å². The number of ether oxygens (including phenoxy) is 1. The number of nitrogens with two attached hydrogens (primary N) is 1. The molecule has 7 nitrogen and oxygen atoms in total. The largest absolute Gasteiger partial charge is 0.497 e. The summed E-state index contributed by atoms with van der Waals surface area (Å²) in [6.07, 6.45) is 2.32. The van der Waals surface area contributed by atoms with Gasteiger partial charge in [-0.1, -0.05) is 24.3 Å². The number of aliphatic carboxylic acids is 1. The first-order valence-electron chi connectivity index (χ1n) is 9.70. The molecule has 29 heavy (non-hydrogen) atoms. The molecular formula is C22H27N3O4. The van der Waals surface area contributed by atoms with Crippen LogP contribution in [0.2, 0.25) is 0 Å². The summed E-state index contributed by atoms with van der Waals surface area (Å²) < 4.78 is 5.18. The Morgan fingerprint density at radius 1 is 1.24 bits per heavy atom. The first-order valence-corrected chi connectivity index (χ1v) is 9.70. The molecule has 0 heterocycles. The summed E-state index contributed by atoms with van der Waals surface area (Å²) in [5.74, 6) is -0.0310. The van der Waals surface area contributed by atoms with Crippen molar-refractivity contribution in [2.24, 2.45) is 11.7 Å². The molecule has 1 aliphatic rings. The lowest BCUT2D eigenvalue weighted by atomic mass is 10.1. The molecule has 1 fully saturated rings. The Balaban J connectivity index is 1.74. The van der Waals surface area contributed by atoms with Crippen LogP contribution in [0.3, 0.4) is 0 Å². The molecule has 0 aromatic heterocycles. The molecule has 3 rings (SSSR count). The standard InChI is InChI=1S/C22H27N3O4/c1-29-18-7-4-6-16(11-18)21(26)24-20-8-3-2-5-17(20)13-25(12-15-9-10-15)14-19(23)22(27)28/h2-8,11,15,19H,9-10,12-14,23H2,1H3,(H,24,26)(H,27,28)/t19-/m0/s1. The molecule has 1 saturated carbocycles. The van der Waals surface area contributed by atoms with Crippen LogP contribution >= 0.6 is 0 Å². The van der Waals surface area contributed by atoms with Gasteiger partial charge in [-0.2, -0.15) is 0 Å². The lowest BCUT2D eigenvalue weighted by molar-refractivity contribution is -0.139. The number of nitrogens with zero attached hydrogens (tertiary/aromatic N) is 1. The molecule has 4 N–H and O–H groups in total. The fourth-order valence-corrected chi connectivity index (χ4v) is 3.21. The van der Waals surface area contributed by atoms with Gasteiger partial charge in [0.25, 0.3) is 5.91 Å². The monoisotopic (exact) mass is 397 g/mol. The van der Waals surface area contributed by atoms with E-state index in [0.29, 0.717) is 29.5 Å². The van der Waals surface area contributed by atoms with Gasteiger partial charge in [0, 0.05) is 30.9 Å². The van der Waals surface area contributed by atoms with Crippen LogP contribution in [0.4, 0.5) is 5.69 Å². The van der Waals surface area contributed by atoms with E-state index < -0.39 is 12.0 Å². The highest BCUT2D eigenvalue weighted by atomic mass is 16.5. The van der Waals surface area contributed by atoms with Gasteiger partial charge < -0.3 is 20.9 Å². The number of benzene rings is 2. The summed E-state index contributed by atoms with van der Waals surface area (Å²) in [4.78, 5) is 26.0.